The van der Waals surface area contributed by atoms with Crippen molar-refractivity contribution in [1.29, 1.82) is 0 Å². The molecule has 0 spiro atoms. The van der Waals surface area contributed by atoms with Crippen molar-refractivity contribution in [3.8, 4) is 0 Å². The molecule has 1 aromatic heterocycles. The smallest absolute Gasteiger partial charge is 0.128 e. The van der Waals surface area contributed by atoms with E-state index in [0.29, 0.717) is 6.10 Å². The maximum absolute atomic E-state index is 9.62. The summed E-state index contributed by atoms with van der Waals surface area (Å²) in [6.45, 7) is 6.55. The fourth-order valence-corrected chi connectivity index (χ4v) is 2.29. The SMILES string of the molecule is CCN(CC1CCCO1)c1cc([C@H](C)O)ccn1. The van der Waals surface area contributed by atoms with Crippen LogP contribution in [0.1, 0.15) is 38.4 Å². The number of aliphatic hydroxyl groups excluding tert-OH is 1. The van der Waals surface area contributed by atoms with Crippen LogP contribution in [0.4, 0.5) is 5.82 Å². The number of likely N-dealkylation sites (N-methyl/N-ethyl adjacent to an activating group) is 1. The maximum atomic E-state index is 9.62. The van der Waals surface area contributed by atoms with Gasteiger partial charge in [0.1, 0.15) is 5.82 Å². The molecule has 1 N–H and O–H groups in total. The van der Waals surface area contributed by atoms with Crippen molar-refractivity contribution in [2.24, 2.45) is 0 Å². The topological polar surface area (TPSA) is 45.6 Å². The molecule has 18 heavy (non-hydrogen) atoms. The Balaban J connectivity index is 2.08. The van der Waals surface area contributed by atoms with Crippen molar-refractivity contribution >= 4 is 5.82 Å². The zero-order chi connectivity index (χ0) is 13.0. The average Bonchev–Trinajstić information content (AvgIpc) is 2.89. The van der Waals surface area contributed by atoms with Gasteiger partial charge in [0.15, 0.2) is 0 Å². The highest BCUT2D eigenvalue weighted by molar-refractivity contribution is 5.41. The zero-order valence-corrected chi connectivity index (χ0v) is 11.2. The molecular weight excluding hydrogens is 228 g/mol. The molecule has 0 aromatic carbocycles. The molecule has 1 unspecified atom stereocenters. The molecule has 1 aliphatic heterocycles. The van der Waals surface area contributed by atoms with Gasteiger partial charge in [0.2, 0.25) is 0 Å². The predicted octanol–water partition coefficient (Wildman–Crippen LogP) is 2.14. The monoisotopic (exact) mass is 250 g/mol. The third-order valence-electron chi connectivity index (χ3n) is 3.41. The van der Waals surface area contributed by atoms with Gasteiger partial charge < -0.3 is 14.7 Å². The fraction of sp³-hybridized carbons (Fsp3) is 0.643. The Labute approximate surface area is 109 Å². The molecule has 4 heteroatoms. The van der Waals surface area contributed by atoms with Crippen LogP contribution >= 0.6 is 0 Å². The van der Waals surface area contributed by atoms with Gasteiger partial charge in [-0.05, 0) is 44.4 Å². The molecule has 1 fully saturated rings. The maximum Gasteiger partial charge on any atom is 0.128 e. The number of aliphatic hydroxyl groups is 1. The molecule has 0 amide bonds. The molecule has 100 valence electrons. The number of hydrogen-bond donors (Lipinski definition) is 1. The van der Waals surface area contributed by atoms with E-state index >= 15 is 0 Å². The van der Waals surface area contributed by atoms with E-state index in [1.807, 2.05) is 12.1 Å². The third kappa shape index (κ3) is 3.21. The van der Waals surface area contributed by atoms with Crippen LogP contribution in [0, 0.1) is 0 Å². The molecule has 0 radical (unpaired) electrons. The van der Waals surface area contributed by atoms with Crippen molar-refractivity contribution in [1.82, 2.24) is 4.98 Å². The van der Waals surface area contributed by atoms with E-state index in [0.717, 1.165) is 43.9 Å². The summed E-state index contributed by atoms with van der Waals surface area (Å²) in [5.41, 5.74) is 0.908. The zero-order valence-electron chi connectivity index (χ0n) is 11.2. The second-order valence-electron chi connectivity index (χ2n) is 4.80. The number of hydrogen-bond acceptors (Lipinski definition) is 4. The normalized spacial score (nSPS) is 20.9. The van der Waals surface area contributed by atoms with E-state index < -0.39 is 6.10 Å². The Morgan fingerprint density at radius 1 is 1.61 bits per heavy atom. The molecule has 2 atom stereocenters. The van der Waals surface area contributed by atoms with Crippen molar-refractivity contribution in [3.63, 3.8) is 0 Å². The Morgan fingerprint density at radius 2 is 2.44 bits per heavy atom. The van der Waals surface area contributed by atoms with Gasteiger partial charge in [0.05, 0.1) is 12.2 Å². The van der Waals surface area contributed by atoms with Gasteiger partial charge in [-0.15, -0.1) is 0 Å². The van der Waals surface area contributed by atoms with Gasteiger partial charge in [-0.25, -0.2) is 4.98 Å². The van der Waals surface area contributed by atoms with E-state index in [4.69, 9.17) is 4.74 Å². The lowest BCUT2D eigenvalue weighted by Gasteiger charge is -2.25. The third-order valence-corrected chi connectivity index (χ3v) is 3.41. The first-order valence-electron chi connectivity index (χ1n) is 6.71. The lowest BCUT2D eigenvalue weighted by molar-refractivity contribution is 0.115. The minimum atomic E-state index is -0.451. The van der Waals surface area contributed by atoms with E-state index in [-0.39, 0.29) is 0 Å². The highest BCUT2D eigenvalue weighted by atomic mass is 16.5. The van der Waals surface area contributed by atoms with Crippen LogP contribution in [-0.2, 0) is 4.74 Å². The van der Waals surface area contributed by atoms with Crippen molar-refractivity contribution in [2.75, 3.05) is 24.6 Å². The molecule has 1 aliphatic rings. The molecule has 4 nitrogen and oxygen atoms in total. The molecule has 1 aromatic rings. The van der Waals surface area contributed by atoms with Crippen LogP contribution in [0.15, 0.2) is 18.3 Å². The Kier molecular flexibility index (Phi) is 4.55. The fourth-order valence-electron chi connectivity index (χ4n) is 2.29. The number of aromatic nitrogens is 1. The minimum absolute atomic E-state index is 0.321. The summed E-state index contributed by atoms with van der Waals surface area (Å²) >= 11 is 0. The molecule has 2 rings (SSSR count). The first-order valence-corrected chi connectivity index (χ1v) is 6.71. The van der Waals surface area contributed by atoms with Gasteiger partial charge in [-0.2, -0.15) is 0 Å². The first kappa shape index (κ1) is 13.3. The van der Waals surface area contributed by atoms with Gasteiger partial charge >= 0.3 is 0 Å². The highest BCUT2D eigenvalue weighted by Crippen LogP contribution is 2.20. The second kappa shape index (κ2) is 6.16. The Bertz CT molecular complexity index is 376. The standard InChI is InChI=1S/C14H22N2O2/c1-3-16(10-13-5-4-8-18-13)14-9-12(11(2)17)6-7-15-14/h6-7,9,11,13,17H,3-5,8,10H2,1-2H3/t11-,13?/m0/s1. The number of pyridine rings is 1. The summed E-state index contributed by atoms with van der Waals surface area (Å²) in [7, 11) is 0. The first-order chi connectivity index (χ1) is 8.70. The van der Waals surface area contributed by atoms with Gasteiger partial charge in [-0.1, -0.05) is 0 Å². The average molecular weight is 250 g/mol. The Hall–Kier alpha value is -1.13. The number of ether oxygens (including phenoxy) is 1. The van der Waals surface area contributed by atoms with Gasteiger partial charge in [0.25, 0.3) is 0 Å². The van der Waals surface area contributed by atoms with Crippen LogP contribution in [0.5, 0.6) is 0 Å². The van der Waals surface area contributed by atoms with Crippen LogP contribution in [0.25, 0.3) is 0 Å². The summed E-state index contributed by atoms with van der Waals surface area (Å²) in [4.78, 5) is 6.60. The molecule has 2 heterocycles. The van der Waals surface area contributed by atoms with Crippen molar-refractivity contribution < 1.29 is 9.84 Å². The van der Waals surface area contributed by atoms with Crippen LogP contribution in [0.3, 0.4) is 0 Å². The summed E-state index contributed by atoms with van der Waals surface area (Å²) < 4.78 is 5.67. The molecule has 0 saturated carbocycles. The summed E-state index contributed by atoms with van der Waals surface area (Å²) in [5.74, 6) is 0.923. The van der Waals surface area contributed by atoms with E-state index in [1.165, 1.54) is 0 Å². The van der Waals surface area contributed by atoms with Crippen LogP contribution < -0.4 is 4.90 Å². The molecule has 1 saturated heterocycles. The number of anilines is 1. The summed E-state index contributed by atoms with van der Waals surface area (Å²) in [6, 6.07) is 3.82. The molecule has 0 aliphatic carbocycles. The predicted molar refractivity (Wildman–Crippen MR) is 71.7 cm³/mol. The van der Waals surface area contributed by atoms with Crippen molar-refractivity contribution in [3.05, 3.63) is 23.9 Å². The van der Waals surface area contributed by atoms with E-state index in [1.54, 1.807) is 13.1 Å². The molecular formula is C14H22N2O2. The highest BCUT2D eigenvalue weighted by Gasteiger charge is 2.19. The van der Waals surface area contributed by atoms with E-state index in [9.17, 15) is 5.11 Å². The number of rotatable bonds is 5. The minimum Gasteiger partial charge on any atom is -0.389 e. The summed E-state index contributed by atoms with van der Waals surface area (Å²) in [5, 5.41) is 9.62. The van der Waals surface area contributed by atoms with E-state index in [2.05, 4.69) is 16.8 Å². The quantitative estimate of drug-likeness (QED) is 0.869. The van der Waals surface area contributed by atoms with Gasteiger partial charge in [-0.3, -0.25) is 0 Å². The number of nitrogens with zero attached hydrogens (tertiary/aromatic N) is 2. The molecule has 0 bridgehead atoms. The Morgan fingerprint density at radius 3 is 3.06 bits per heavy atom. The second-order valence-corrected chi connectivity index (χ2v) is 4.80. The van der Waals surface area contributed by atoms with Gasteiger partial charge in [0, 0.05) is 25.9 Å². The van der Waals surface area contributed by atoms with Crippen molar-refractivity contribution in [2.45, 2.75) is 38.9 Å². The van der Waals surface area contributed by atoms with Crippen LogP contribution in [0.2, 0.25) is 0 Å². The lowest BCUT2D eigenvalue weighted by Crippen LogP contribution is -2.32. The summed E-state index contributed by atoms with van der Waals surface area (Å²) in [6.07, 6.45) is 3.92. The van der Waals surface area contributed by atoms with Crippen LogP contribution in [-0.4, -0.2) is 35.9 Å². The lowest BCUT2D eigenvalue weighted by atomic mass is 10.1. The largest absolute Gasteiger partial charge is 0.389 e.